The summed E-state index contributed by atoms with van der Waals surface area (Å²) in [6.07, 6.45) is 6.03. The maximum Gasteiger partial charge on any atom is 0.350 e. The lowest BCUT2D eigenvalue weighted by molar-refractivity contribution is -0.00127. The van der Waals surface area contributed by atoms with E-state index in [-0.39, 0.29) is 5.41 Å². The van der Waals surface area contributed by atoms with E-state index in [4.69, 9.17) is 4.74 Å². The molecule has 0 amide bonds. The van der Waals surface area contributed by atoms with E-state index in [1.807, 2.05) is 12.1 Å². The highest BCUT2D eigenvalue weighted by Gasteiger charge is 2.50. The monoisotopic (exact) mass is 378 g/mol. The molecule has 2 heterocycles. The van der Waals surface area contributed by atoms with Crippen LogP contribution in [0.3, 0.4) is 0 Å². The Kier molecular flexibility index (Phi) is 3.47. The summed E-state index contributed by atoms with van der Waals surface area (Å²) in [4.78, 5) is 31.4. The fourth-order valence-electron chi connectivity index (χ4n) is 4.80. The number of nitrogens with zero attached hydrogens (tertiary/aromatic N) is 2. The zero-order chi connectivity index (χ0) is 19.6. The predicted octanol–water partition coefficient (Wildman–Crippen LogP) is 3.01. The van der Waals surface area contributed by atoms with Crippen LogP contribution in [-0.4, -0.2) is 28.0 Å². The van der Waals surface area contributed by atoms with Gasteiger partial charge in [-0.05, 0) is 47.8 Å². The van der Waals surface area contributed by atoms with Crippen LogP contribution in [0.5, 0.6) is 5.75 Å². The number of fused-ring (bicyclic) bond motifs is 4. The normalized spacial score (nSPS) is 23.2. The Morgan fingerprint density at radius 1 is 1.25 bits per heavy atom. The third-order valence-electron chi connectivity index (χ3n) is 6.67. The van der Waals surface area contributed by atoms with Gasteiger partial charge >= 0.3 is 11.2 Å². The zero-order valence-corrected chi connectivity index (χ0v) is 16.1. The van der Waals surface area contributed by atoms with Gasteiger partial charge in [-0.2, -0.15) is 5.10 Å². The molecule has 7 heteroatoms. The quantitative estimate of drug-likeness (QED) is 0.686. The average Bonchev–Trinajstić information content (AvgIpc) is 3.06. The molecule has 144 valence electrons. The number of aromatic nitrogens is 3. The molecular formula is C21H22N4O3. The summed E-state index contributed by atoms with van der Waals surface area (Å²) >= 11 is 0. The van der Waals surface area contributed by atoms with Gasteiger partial charge in [-0.3, -0.25) is 4.79 Å². The average molecular weight is 378 g/mol. The standard InChI is InChI=1S/C21H22N4O3/c1-21(2)12-8-7-11(13(21)9-12)10-22-25-19(26)18-17(24-20(25)27)16-14(23-18)5-4-6-15(16)28-3/h4-7,10,12-13,23H,8-9H2,1-3H3,(H,24,27)/b22-10-/t12-,13-/m0/s1. The highest BCUT2D eigenvalue weighted by Crippen LogP contribution is 2.58. The van der Waals surface area contributed by atoms with Crippen LogP contribution in [0.4, 0.5) is 0 Å². The highest BCUT2D eigenvalue weighted by molar-refractivity contribution is 6.07. The Morgan fingerprint density at radius 2 is 2.07 bits per heavy atom. The molecule has 3 aliphatic carbocycles. The van der Waals surface area contributed by atoms with Crippen LogP contribution in [0.1, 0.15) is 26.7 Å². The molecule has 1 fully saturated rings. The summed E-state index contributed by atoms with van der Waals surface area (Å²) in [5.74, 6) is 1.75. The van der Waals surface area contributed by atoms with Gasteiger partial charge in [0, 0.05) is 0 Å². The summed E-state index contributed by atoms with van der Waals surface area (Å²) in [6.45, 7) is 4.55. The number of methoxy groups -OCH3 is 1. The van der Waals surface area contributed by atoms with Gasteiger partial charge in [0.1, 0.15) is 11.3 Å². The predicted molar refractivity (Wildman–Crippen MR) is 109 cm³/mol. The third kappa shape index (κ3) is 2.19. The van der Waals surface area contributed by atoms with Gasteiger partial charge in [0.25, 0.3) is 0 Å². The van der Waals surface area contributed by atoms with Gasteiger partial charge in [-0.1, -0.05) is 26.0 Å². The number of ether oxygens (including phenoxy) is 1. The van der Waals surface area contributed by atoms with Crippen LogP contribution in [0, 0.1) is 17.3 Å². The Bertz CT molecular complexity index is 1290. The molecule has 0 spiro atoms. The SMILES string of the molecule is COc1cccc2[nH]c3c(=O)n(/N=C\C4=CC[C@H]5C[C@@H]4C5(C)C)c(=O)[nH]c3c12. The minimum atomic E-state index is -0.567. The van der Waals surface area contributed by atoms with Crippen LogP contribution >= 0.6 is 0 Å². The number of hydrogen-bond acceptors (Lipinski definition) is 4. The summed E-state index contributed by atoms with van der Waals surface area (Å²) in [7, 11) is 1.56. The number of hydrogen-bond donors (Lipinski definition) is 2. The molecule has 7 nitrogen and oxygen atoms in total. The maximum atomic E-state index is 12.9. The first-order chi connectivity index (χ1) is 13.4. The summed E-state index contributed by atoms with van der Waals surface area (Å²) in [6, 6.07) is 5.46. The lowest BCUT2D eigenvalue weighted by Crippen LogP contribution is -2.48. The Labute approximate surface area is 160 Å². The van der Waals surface area contributed by atoms with Crippen LogP contribution in [-0.2, 0) is 0 Å². The van der Waals surface area contributed by atoms with Crippen LogP contribution in [0.25, 0.3) is 21.9 Å². The van der Waals surface area contributed by atoms with E-state index in [9.17, 15) is 9.59 Å². The Hall–Kier alpha value is -3.09. The molecule has 1 saturated carbocycles. The van der Waals surface area contributed by atoms with Gasteiger partial charge < -0.3 is 14.7 Å². The number of aromatic amines is 2. The van der Waals surface area contributed by atoms with Crippen molar-refractivity contribution in [3.63, 3.8) is 0 Å². The van der Waals surface area contributed by atoms with E-state index < -0.39 is 11.2 Å². The molecule has 2 aromatic heterocycles. The Balaban J connectivity index is 1.63. The minimum absolute atomic E-state index is 0.255. The summed E-state index contributed by atoms with van der Waals surface area (Å²) < 4.78 is 6.27. The molecule has 0 radical (unpaired) electrons. The number of nitrogens with one attached hydrogen (secondary N) is 2. The molecule has 6 rings (SSSR count). The van der Waals surface area contributed by atoms with Gasteiger partial charge in [0.05, 0.1) is 29.7 Å². The molecule has 0 aliphatic heterocycles. The molecule has 0 saturated heterocycles. The zero-order valence-electron chi connectivity index (χ0n) is 16.1. The van der Waals surface area contributed by atoms with Gasteiger partial charge in [0.15, 0.2) is 0 Å². The molecule has 2 atom stereocenters. The first kappa shape index (κ1) is 17.0. The number of rotatable bonds is 3. The van der Waals surface area contributed by atoms with E-state index in [1.54, 1.807) is 19.4 Å². The van der Waals surface area contributed by atoms with Crippen molar-refractivity contribution in [2.45, 2.75) is 26.7 Å². The van der Waals surface area contributed by atoms with E-state index in [2.05, 4.69) is 35.0 Å². The molecule has 28 heavy (non-hydrogen) atoms. The molecule has 1 aromatic carbocycles. The molecule has 2 bridgehead atoms. The number of allylic oxidation sites excluding steroid dienone is 2. The number of benzene rings is 1. The molecule has 0 unspecified atom stereocenters. The maximum absolute atomic E-state index is 12.9. The van der Waals surface area contributed by atoms with Crippen molar-refractivity contribution in [1.29, 1.82) is 0 Å². The fourth-order valence-corrected chi connectivity index (χ4v) is 4.80. The molecular weight excluding hydrogens is 356 g/mol. The van der Waals surface area contributed by atoms with Crippen molar-refractivity contribution in [2.24, 2.45) is 22.4 Å². The van der Waals surface area contributed by atoms with Gasteiger partial charge in [-0.25, -0.2) is 4.79 Å². The summed E-state index contributed by atoms with van der Waals surface area (Å²) in [5.41, 5.74) is 1.79. The lowest BCUT2D eigenvalue weighted by atomic mass is 9.49. The molecule has 3 aromatic rings. The van der Waals surface area contributed by atoms with E-state index in [0.29, 0.717) is 28.1 Å². The van der Waals surface area contributed by atoms with Gasteiger partial charge in [0.2, 0.25) is 0 Å². The first-order valence-corrected chi connectivity index (χ1v) is 9.50. The van der Waals surface area contributed by atoms with E-state index in [0.717, 1.165) is 34.5 Å². The van der Waals surface area contributed by atoms with Crippen LogP contribution in [0.2, 0.25) is 0 Å². The van der Waals surface area contributed by atoms with E-state index >= 15 is 0 Å². The first-order valence-electron chi connectivity index (χ1n) is 9.50. The second-order valence-corrected chi connectivity index (χ2v) is 8.30. The van der Waals surface area contributed by atoms with Crippen LogP contribution in [0.15, 0.2) is 44.5 Å². The van der Waals surface area contributed by atoms with Crippen molar-refractivity contribution in [1.82, 2.24) is 14.6 Å². The Morgan fingerprint density at radius 3 is 2.79 bits per heavy atom. The second kappa shape index (κ2) is 5.70. The van der Waals surface area contributed by atoms with Crippen molar-refractivity contribution >= 4 is 28.2 Å². The minimum Gasteiger partial charge on any atom is -0.496 e. The molecule has 3 aliphatic rings. The lowest BCUT2D eigenvalue weighted by Gasteiger charge is -2.55. The van der Waals surface area contributed by atoms with E-state index in [1.165, 1.54) is 0 Å². The summed E-state index contributed by atoms with van der Waals surface area (Å²) in [5, 5.41) is 4.93. The van der Waals surface area contributed by atoms with Crippen molar-refractivity contribution < 1.29 is 4.74 Å². The van der Waals surface area contributed by atoms with Crippen molar-refractivity contribution in [3.05, 3.63) is 50.7 Å². The fraction of sp³-hybridized carbons (Fsp3) is 0.381. The topological polar surface area (TPSA) is 92.2 Å². The van der Waals surface area contributed by atoms with Gasteiger partial charge in [-0.15, -0.1) is 4.68 Å². The van der Waals surface area contributed by atoms with Crippen molar-refractivity contribution in [2.75, 3.05) is 7.11 Å². The highest BCUT2D eigenvalue weighted by atomic mass is 16.5. The second-order valence-electron chi connectivity index (χ2n) is 8.30. The third-order valence-corrected chi connectivity index (χ3v) is 6.67. The largest absolute Gasteiger partial charge is 0.496 e. The van der Waals surface area contributed by atoms with Crippen molar-refractivity contribution in [3.8, 4) is 5.75 Å². The van der Waals surface area contributed by atoms with Crippen LogP contribution < -0.4 is 16.0 Å². The number of H-pyrrole nitrogens is 2. The smallest absolute Gasteiger partial charge is 0.350 e. The molecule has 2 N–H and O–H groups in total.